The number of hydrogen-bond donors (Lipinski definition) is 2. The van der Waals surface area contributed by atoms with Crippen LogP contribution in [0, 0.1) is 0 Å². The molecular weight excluding hydrogens is 244 g/mol. The predicted molar refractivity (Wildman–Crippen MR) is 70.7 cm³/mol. The van der Waals surface area contributed by atoms with Gasteiger partial charge >= 0.3 is 6.03 Å². The molecule has 0 aliphatic carbocycles. The monoisotopic (exact) mass is 260 g/mol. The van der Waals surface area contributed by atoms with Crippen LogP contribution in [0.2, 0.25) is 0 Å². The van der Waals surface area contributed by atoms with Gasteiger partial charge in [0.1, 0.15) is 0 Å². The number of carbonyl (C=O) groups is 2. The number of hydrogen-bond acceptors (Lipinski definition) is 3. The lowest BCUT2D eigenvalue weighted by molar-refractivity contribution is 0.0617. The SMILES string of the molecule is Nc1ccc(C(=O)N2CCN3C(=O)NCC3C2)cc1. The lowest BCUT2D eigenvalue weighted by Crippen LogP contribution is -2.53. The van der Waals surface area contributed by atoms with E-state index in [0.717, 1.165) is 0 Å². The molecule has 1 aromatic carbocycles. The van der Waals surface area contributed by atoms with Crippen molar-refractivity contribution in [1.82, 2.24) is 15.1 Å². The first kappa shape index (κ1) is 11.8. The van der Waals surface area contributed by atoms with Crippen molar-refractivity contribution in [1.29, 1.82) is 0 Å². The van der Waals surface area contributed by atoms with Crippen LogP contribution in [0.25, 0.3) is 0 Å². The standard InChI is InChI=1S/C13H16N4O2/c14-10-3-1-9(2-4-10)12(18)16-5-6-17-11(8-16)7-15-13(17)19/h1-4,11H,5-8,14H2,(H,15,19). The number of benzene rings is 1. The Labute approximate surface area is 111 Å². The minimum absolute atomic E-state index is 0.000927. The predicted octanol–water partition coefficient (Wildman–Crippen LogP) is 0.118. The zero-order chi connectivity index (χ0) is 13.4. The summed E-state index contributed by atoms with van der Waals surface area (Å²) in [7, 11) is 0. The first-order valence-electron chi connectivity index (χ1n) is 6.34. The van der Waals surface area contributed by atoms with Gasteiger partial charge in [-0.2, -0.15) is 0 Å². The maximum atomic E-state index is 12.3. The van der Waals surface area contributed by atoms with Gasteiger partial charge in [0.15, 0.2) is 0 Å². The first-order chi connectivity index (χ1) is 9.15. The Morgan fingerprint density at radius 1 is 1.26 bits per heavy atom. The van der Waals surface area contributed by atoms with Crippen molar-refractivity contribution < 1.29 is 9.59 Å². The Morgan fingerprint density at radius 3 is 2.74 bits per heavy atom. The smallest absolute Gasteiger partial charge is 0.317 e. The van der Waals surface area contributed by atoms with Gasteiger partial charge in [-0.05, 0) is 24.3 Å². The maximum absolute atomic E-state index is 12.3. The van der Waals surface area contributed by atoms with Gasteiger partial charge in [0.2, 0.25) is 0 Å². The van der Waals surface area contributed by atoms with Crippen LogP contribution < -0.4 is 11.1 Å². The van der Waals surface area contributed by atoms with E-state index in [0.29, 0.717) is 37.4 Å². The van der Waals surface area contributed by atoms with Gasteiger partial charge in [0.05, 0.1) is 6.04 Å². The van der Waals surface area contributed by atoms with Gasteiger partial charge in [0.25, 0.3) is 5.91 Å². The minimum Gasteiger partial charge on any atom is -0.399 e. The molecule has 2 fully saturated rings. The van der Waals surface area contributed by atoms with E-state index in [4.69, 9.17) is 5.73 Å². The summed E-state index contributed by atoms with van der Waals surface area (Å²) in [6, 6.07) is 7.00. The van der Waals surface area contributed by atoms with Gasteiger partial charge in [-0.15, -0.1) is 0 Å². The molecule has 2 saturated heterocycles. The number of anilines is 1. The molecule has 2 aliphatic rings. The van der Waals surface area contributed by atoms with E-state index >= 15 is 0 Å². The van der Waals surface area contributed by atoms with E-state index in [-0.39, 0.29) is 18.0 Å². The second-order valence-corrected chi connectivity index (χ2v) is 4.91. The number of amides is 3. The summed E-state index contributed by atoms with van der Waals surface area (Å²) in [5.41, 5.74) is 6.90. The van der Waals surface area contributed by atoms with Crippen LogP contribution in [0.5, 0.6) is 0 Å². The van der Waals surface area contributed by atoms with Crippen molar-refractivity contribution >= 4 is 17.6 Å². The quantitative estimate of drug-likeness (QED) is 0.704. The molecule has 0 radical (unpaired) electrons. The van der Waals surface area contributed by atoms with Crippen LogP contribution >= 0.6 is 0 Å². The van der Waals surface area contributed by atoms with E-state index in [1.54, 1.807) is 34.1 Å². The molecule has 2 heterocycles. The van der Waals surface area contributed by atoms with Crippen molar-refractivity contribution in [3.8, 4) is 0 Å². The normalized spacial score (nSPS) is 22.1. The third-order valence-electron chi connectivity index (χ3n) is 3.68. The Hall–Kier alpha value is -2.24. The van der Waals surface area contributed by atoms with Crippen LogP contribution in [-0.4, -0.2) is 54.0 Å². The molecule has 6 heteroatoms. The minimum atomic E-state index is -0.0235. The molecule has 100 valence electrons. The van der Waals surface area contributed by atoms with Gasteiger partial charge < -0.3 is 20.9 Å². The van der Waals surface area contributed by atoms with Gasteiger partial charge in [-0.3, -0.25) is 4.79 Å². The Kier molecular flexibility index (Phi) is 2.77. The topological polar surface area (TPSA) is 78.7 Å². The molecule has 3 amide bonds. The molecule has 6 nitrogen and oxygen atoms in total. The van der Waals surface area contributed by atoms with Gasteiger partial charge in [0, 0.05) is 37.4 Å². The average molecular weight is 260 g/mol. The molecule has 0 saturated carbocycles. The third kappa shape index (κ3) is 2.09. The number of urea groups is 1. The fourth-order valence-corrected chi connectivity index (χ4v) is 2.60. The zero-order valence-electron chi connectivity index (χ0n) is 10.5. The van der Waals surface area contributed by atoms with Crippen LogP contribution in [0.15, 0.2) is 24.3 Å². The van der Waals surface area contributed by atoms with E-state index in [1.165, 1.54) is 0 Å². The molecule has 3 rings (SSSR count). The Bertz CT molecular complexity index is 514. The number of piperazine rings is 1. The average Bonchev–Trinajstić information content (AvgIpc) is 2.80. The molecule has 1 aromatic rings. The Morgan fingerprint density at radius 2 is 2.00 bits per heavy atom. The summed E-state index contributed by atoms with van der Waals surface area (Å²) < 4.78 is 0. The van der Waals surface area contributed by atoms with Crippen molar-refractivity contribution in [2.75, 3.05) is 31.9 Å². The van der Waals surface area contributed by atoms with Crippen molar-refractivity contribution in [3.05, 3.63) is 29.8 Å². The molecule has 1 atom stereocenters. The number of nitrogens with two attached hydrogens (primary N) is 1. The summed E-state index contributed by atoms with van der Waals surface area (Å²) >= 11 is 0. The molecule has 3 N–H and O–H groups in total. The lowest BCUT2D eigenvalue weighted by Gasteiger charge is -2.36. The molecule has 2 aliphatic heterocycles. The fourth-order valence-electron chi connectivity index (χ4n) is 2.60. The molecular formula is C13H16N4O2. The maximum Gasteiger partial charge on any atom is 0.317 e. The lowest BCUT2D eigenvalue weighted by atomic mass is 10.1. The summed E-state index contributed by atoms with van der Waals surface area (Å²) in [4.78, 5) is 27.4. The second kappa shape index (κ2) is 4.46. The molecule has 0 aromatic heterocycles. The summed E-state index contributed by atoms with van der Waals surface area (Å²) in [5.74, 6) is -0.000927. The number of carbonyl (C=O) groups excluding carboxylic acids is 2. The summed E-state index contributed by atoms with van der Waals surface area (Å²) in [6.45, 7) is 2.37. The first-order valence-corrected chi connectivity index (χ1v) is 6.34. The number of nitrogens with zero attached hydrogens (tertiary/aromatic N) is 2. The second-order valence-electron chi connectivity index (χ2n) is 4.91. The fraction of sp³-hybridized carbons (Fsp3) is 0.385. The van der Waals surface area contributed by atoms with Crippen molar-refractivity contribution in [3.63, 3.8) is 0 Å². The van der Waals surface area contributed by atoms with E-state index in [9.17, 15) is 9.59 Å². The third-order valence-corrected chi connectivity index (χ3v) is 3.68. The van der Waals surface area contributed by atoms with E-state index in [1.807, 2.05) is 0 Å². The Balaban J connectivity index is 1.72. The summed E-state index contributed by atoms with van der Waals surface area (Å²) in [6.07, 6.45) is 0. The molecule has 1 unspecified atom stereocenters. The number of fused-ring (bicyclic) bond motifs is 1. The highest BCUT2D eigenvalue weighted by Crippen LogP contribution is 2.17. The van der Waals surface area contributed by atoms with Crippen LogP contribution in [0.1, 0.15) is 10.4 Å². The largest absolute Gasteiger partial charge is 0.399 e. The summed E-state index contributed by atoms with van der Waals surface area (Å²) in [5, 5.41) is 2.80. The molecule has 0 spiro atoms. The van der Waals surface area contributed by atoms with Crippen LogP contribution in [-0.2, 0) is 0 Å². The highest BCUT2D eigenvalue weighted by Gasteiger charge is 2.36. The zero-order valence-corrected chi connectivity index (χ0v) is 10.5. The molecule has 19 heavy (non-hydrogen) atoms. The highest BCUT2D eigenvalue weighted by atomic mass is 16.2. The van der Waals surface area contributed by atoms with Gasteiger partial charge in [-0.25, -0.2) is 4.79 Å². The molecule has 0 bridgehead atoms. The van der Waals surface area contributed by atoms with Crippen molar-refractivity contribution in [2.45, 2.75) is 6.04 Å². The van der Waals surface area contributed by atoms with E-state index in [2.05, 4.69) is 5.32 Å². The highest BCUT2D eigenvalue weighted by molar-refractivity contribution is 5.94. The van der Waals surface area contributed by atoms with Crippen molar-refractivity contribution in [2.24, 2.45) is 0 Å². The van der Waals surface area contributed by atoms with Crippen LogP contribution in [0.4, 0.5) is 10.5 Å². The van der Waals surface area contributed by atoms with Crippen LogP contribution in [0.3, 0.4) is 0 Å². The number of nitrogen functional groups attached to an aromatic ring is 1. The van der Waals surface area contributed by atoms with Gasteiger partial charge in [-0.1, -0.05) is 0 Å². The van der Waals surface area contributed by atoms with E-state index < -0.39 is 0 Å². The number of nitrogens with one attached hydrogen (secondary N) is 1. The number of rotatable bonds is 1.